The molecule has 0 radical (unpaired) electrons. The molecule has 4 aromatic rings. The molecule has 0 saturated heterocycles. The number of amides is 1. The average Bonchev–Trinajstić information content (AvgIpc) is 2.88. The largest absolute Gasteiger partial charge is 0.438 e. The van der Waals surface area contributed by atoms with Crippen molar-refractivity contribution < 1.29 is 9.53 Å². The molecular formula is C30H30N4O2. The van der Waals surface area contributed by atoms with Crippen molar-refractivity contribution in [3.05, 3.63) is 112 Å². The monoisotopic (exact) mass is 478 g/mol. The van der Waals surface area contributed by atoms with Crippen molar-refractivity contribution in [3.63, 3.8) is 0 Å². The molecule has 0 aliphatic carbocycles. The molecule has 1 aliphatic rings. The molecule has 1 aliphatic heterocycles. The maximum absolute atomic E-state index is 13.3. The maximum Gasteiger partial charge on any atom is 0.254 e. The van der Waals surface area contributed by atoms with Crippen molar-refractivity contribution in [3.8, 4) is 11.6 Å². The molecule has 0 atom stereocenters. The van der Waals surface area contributed by atoms with Crippen LogP contribution >= 0.6 is 0 Å². The first-order chi connectivity index (χ1) is 17.5. The summed E-state index contributed by atoms with van der Waals surface area (Å²) in [6, 6.07) is 25.9. The van der Waals surface area contributed by atoms with Gasteiger partial charge in [-0.1, -0.05) is 60.2 Å². The molecule has 5 rings (SSSR count). The number of carbonyl (C=O) groups excluding carboxylic acids is 1. The summed E-state index contributed by atoms with van der Waals surface area (Å²) in [6.07, 6.45) is 0.645. The second kappa shape index (κ2) is 10.2. The van der Waals surface area contributed by atoms with Crippen LogP contribution in [0.15, 0.2) is 78.9 Å². The molecule has 1 amide bonds. The predicted molar refractivity (Wildman–Crippen MR) is 141 cm³/mol. The molecule has 1 aromatic heterocycles. The highest BCUT2D eigenvalue weighted by molar-refractivity contribution is 5.94. The van der Waals surface area contributed by atoms with Gasteiger partial charge in [-0.2, -0.15) is 4.98 Å². The third kappa shape index (κ3) is 5.23. The number of benzene rings is 3. The predicted octanol–water partition coefficient (Wildman–Crippen LogP) is 5.72. The normalized spacial score (nSPS) is 12.7. The van der Waals surface area contributed by atoms with Crippen LogP contribution in [-0.2, 0) is 19.5 Å². The molecule has 0 saturated carbocycles. The van der Waals surface area contributed by atoms with E-state index in [2.05, 4.69) is 12.1 Å². The van der Waals surface area contributed by atoms with Crippen molar-refractivity contribution in [2.24, 2.45) is 0 Å². The number of hydrogen-bond donors (Lipinski definition) is 0. The van der Waals surface area contributed by atoms with Gasteiger partial charge in [-0.25, -0.2) is 4.98 Å². The summed E-state index contributed by atoms with van der Waals surface area (Å²) in [6.45, 7) is 5.72. The van der Waals surface area contributed by atoms with Gasteiger partial charge in [0.2, 0.25) is 11.8 Å². The van der Waals surface area contributed by atoms with E-state index in [4.69, 9.17) is 14.7 Å². The van der Waals surface area contributed by atoms with Gasteiger partial charge >= 0.3 is 0 Å². The van der Waals surface area contributed by atoms with E-state index >= 15 is 0 Å². The summed E-state index contributed by atoms with van der Waals surface area (Å²) in [5.41, 5.74) is 5.83. The van der Waals surface area contributed by atoms with E-state index in [1.54, 1.807) is 0 Å². The Labute approximate surface area is 212 Å². The van der Waals surface area contributed by atoms with E-state index in [-0.39, 0.29) is 5.91 Å². The van der Waals surface area contributed by atoms with Crippen LogP contribution < -0.4 is 9.64 Å². The van der Waals surface area contributed by atoms with Crippen LogP contribution in [0.4, 0.5) is 5.95 Å². The van der Waals surface area contributed by atoms with E-state index in [1.807, 2.05) is 97.4 Å². The lowest BCUT2D eigenvalue weighted by Gasteiger charge is -2.30. The van der Waals surface area contributed by atoms with Crippen molar-refractivity contribution in [2.75, 3.05) is 18.5 Å². The molecule has 36 heavy (non-hydrogen) atoms. The maximum atomic E-state index is 13.3. The number of rotatable bonds is 6. The highest BCUT2D eigenvalue weighted by Gasteiger charge is 2.28. The molecule has 2 heterocycles. The van der Waals surface area contributed by atoms with E-state index < -0.39 is 0 Å². The van der Waals surface area contributed by atoms with Crippen molar-refractivity contribution in [1.82, 2.24) is 14.9 Å². The highest BCUT2D eigenvalue weighted by atomic mass is 16.5. The fraction of sp³-hybridized carbons (Fsp3) is 0.233. The molecule has 0 fully saturated rings. The molecule has 0 bridgehead atoms. The Balaban J connectivity index is 1.48. The smallest absolute Gasteiger partial charge is 0.254 e. The van der Waals surface area contributed by atoms with Crippen LogP contribution in [0.3, 0.4) is 0 Å². The third-order valence-electron chi connectivity index (χ3n) is 6.37. The van der Waals surface area contributed by atoms with Gasteiger partial charge in [-0.3, -0.25) is 4.79 Å². The van der Waals surface area contributed by atoms with Gasteiger partial charge in [-0.15, -0.1) is 0 Å². The number of anilines is 1. The molecule has 0 spiro atoms. The molecule has 0 N–H and O–H groups in total. The van der Waals surface area contributed by atoms with Gasteiger partial charge in [0, 0.05) is 32.1 Å². The minimum absolute atomic E-state index is 0.0103. The Morgan fingerprint density at radius 3 is 2.44 bits per heavy atom. The van der Waals surface area contributed by atoms with Crippen molar-refractivity contribution >= 4 is 11.9 Å². The van der Waals surface area contributed by atoms with Crippen LogP contribution in [0.2, 0.25) is 0 Å². The second-order valence-electron chi connectivity index (χ2n) is 9.36. The lowest BCUT2D eigenvalue weighted by atomic mass is 10.0. The molecule has 182 valence electrons. The number of hydrogen-bond acceptors (Lipinski definition) is 5. The quantitative estimate of drug-likeness (QED) is 0.355. The van der Waals surface area contributed by atoms with Gasteiger partial charge in [0.25, 0.3) is 5.91 Å². The topological polar surface area (TPSA) is 58.6 Å². The Morgan fingerprint density at radius 2 is 1.69 bits per heavy atom. The number of ether oxygens (including phenoxy) is 1. The van der Waals surface area contributed by atoms with Crippen LogP contribution in [0.25, 0.3) is 0 Å². The fourth-order valence-electron chi connectivity index (χ4n) is 4.48. The minimum atomic E-state index is 0.0103. The molecule has 0 unspecified atom stereocenters. The Hall–Kier alpha value is -4.19. The SMILES string of the molecule is Cc1cccc(Oc2nc(N(C)Cc3ccccc3)nc3c2CN(C(=O)c2cccc(C)c2)CC3)c1. The number of aromatic nitrogens is 2. The Bertz CT molecular complexity index is 1390. The zero-order chi connectivity index (χ0) is 25.1. The molecular weight excluding hydrogens is 448 g/mol. The van der Waals surface area contributed by atoms with Crippen LogP contribution in [0.1, 0.15) is 38.3 Å². The first-order valence-electron chi connectivity index (χ1n) is 12.2. The van der Waals surface area contributed by atoms with E-state index in [9.17, 15) is 4.79 Å². The number of fused-ring (bicyclic) bond motifs is 1. The lowest BCUT2D eigenvalue weighted by molar-refractivity contribution is 0.0732. The Morgan fingerprint density at radius 1 is 0.944 bits per heavy atom. The summed E-state index contributed by atoms with van der Waals surface area (Å²) >= 11 is 0. The summed E-state index contributed by atoms with van der Waals surface area (Å²) in [4.78, 5) is 26.9. The number of aryl methyl sites for hydroxylation is 2. The lowest BCUT2D eigenvalue weighted by Crippen LogP contribution is -2.37. The van der Waals surface area contributed by atoms with Crippen LogP contribution in [0.5, 0.6) is 11.6 Å². The van der Waals surface area contributed by atoms with E-state index in [0.29, 0.717) is 43.4 Å². The summed E-state index contributed by atoms with van der Waals surface area (Å²) in [7, 11) is 1.99. The summed E-state index contributed by atoms with van der Waals surface area (Å²) < 4.78 is 6.34. The number of nitrogens with zero attached hydrogens (tertiary/aromatic N) is 4. The highest BCUT2D eigenvalue weighted by Crippen LogP contribution is 2.32. The first-order valence-corrected chi connectivity index (χ1v) is 12.2. The van der Waals surface area contributed by atoms with Crippen LogP contribution in [0, 0.1) is 13.8 Å². The molecule has 6 heteroatoms. The average molecular weight is 479 g/mol. The summed E-state index contributed by atoms with van der Waals surface area (Å²) in [5.74, 6) is 1.84. The number of carbonyl (C=O) groups is 1. The zero-order valence-corrected chi connectivity index (χ0v) is 20.9. The van der Waals surface area contributed by atoms with Gasteiger partial charge in [0.15, 0.2) is 0 Å². The van der Waals surface area contributed by atoms with Gasteiger partial charge in [0.1, 0.15) is 5.75 Å². The van der Waals surface area contributed by atoms with E-state index in [1.165, 1.54) is 5.56 Å². The van der Waals surface area contributed by atoms with Crippen LogP contribution in [-0.4, -0.2) is 34.4 Å². The van der Waals surface area contributed by atoms with Crippen molar-refractivity contribution in [2.45, 2.75) is 33.4 Å². The Kier molecular flexibility index (Phi) is 6.67. The molecule has 6 nitrogen and oxygen atoms in total. The van der Waals surface area contributed by atoms with Gasteiger partial charge < -0.3 is 14.5 Å². The fourth-order valence-corrected chi connectivity index (χ4v) is 4.48. The van der Waals surface area contributed by atoms with Gasteiger partial charge in [0.05, 0.1) is 17.8 Å². The first kappa shape index (κ1) is 23.5. The van der Waals surface area contributed by atoms with E-state index in [0.717, 1.165) is 28.1 Å². The molecule has 3 aromatic carbocycles. The minimum Gasteiger partial charge on any atom is -0.438 e. The van der Waals surface area contributed by atoms with Gasteiger partial charge in [-0.05, 0) is 49.2 Å². The van der Waals surface area contributed by atoms with Crippen molar-refractivity contribution in [1.29, 1.82) is 0 Å². The zero-order valence-electron chi connectivity index (χ0n) is 20.9. The third-order valence-corrected chi connectivity index (χ3v) is 6.37. The standard InChI is InChI=1S/C30H30N4O2/c1-21-9-7-13-24(17-21)29(35)34-16-15-27-26(20-34)28(36-25-14-8-10-22(2)18-25)32-30(31-27)33(3)19-23-11-5-4-6-12-23/h4-14,17-18H,15-16,19-20H2,1-3H3. The second-order valence-corrected chi connectivity index (χ2v) is 9.36. The summed E-state index contributed by atoms with van der Waals surface area (Å²) in [5, 5.41) is 0.